The molecule has 0 spiro atoms. The van der Waals surface area contributed by atoms with Crippen molar-refractivity contribution in [2.24, 2.45) is 0 Å². The van der Waals surface area contributed by atoms with Gasteiger partial charge in [-0.05, 0) is 46.3 Å². The molecule has 0 saturated carbocycles. The number of unbranched alkanes of at least 4 members (excludes halogenated alkanes) is 1. The first-order valence-electron chi connectivity index (χ1n) is 4.80. The summed E-state index contributed by atoms with van der Waals surface area (Å²) in [6.07, 6.45) is 2.32. The average Bonchev–Trinajstić information content (AvgIpc) is 2.20. The second-order valence-corrected chi connectivity index (χ2v) is 5.17. The topological polar surface area (TPSA) is 37.3 Å². The van der Waals surface area contributed by atoms with Crippen LogP contribution in [-0.4, -0.2) is 16.8 Å². The molecular weight excluding hydrogens is 276 g/mol. The smallest absolute Gasteiger partial charge is 0.336 e. The molecule has 0 radical (unpaired) electrons. The van der Waals surface area contributed by atoms with Gasteiger partial charge in [-0.2, -0.15) is 0 Å². The normalized spacial score (nSPS) is 10.3. The Morgan fingerprint density at radius 2 is 2.27 bits per heavy atom. The van der Waals surface area contributed by atoms with Crippen LogP contribution in [-0.2, 0) is 0 Å². The molecule has 1 rings (SSSR count). The van der Waals surface area contributed by atoms with Gasteiger partial charge in [0.05, 0.1) is 5.56 Å². The van der Waals surface area contributed by atoms with Gasteiger partial charge in [-0.1, -0.05) is 13.3 Å². The van der Waals surface area contributed by atoms with Gasteiger partial charge in [0.1, 0.15) is 0 Å². The van der Waals surface area contributed by atoms with Crippen LogP contribution < -0.4 is 0 Å². The van der Waals surface area contributed by atoms with Crippen molar-refractivity contribution in [3.05, 3.63) is 28.2 Å². The molecule has 4 heteroatoms. The number of thioether (sulfide) groups is 1. The van der Waals surface area contributed by atoms with Crippen LogP contribution in [0.1, 0.15) is 30.1 Å². The van der Waals surface area contributed by atoms with Crippen molar-refractivity contribution in [1.29, 1.82) is 0 Å². The highest BCUT2D eigenvalue weighted by molar-refractivity contribution is 9.10. The fourth-order valence-corrected chi connectivity index (χ4v) is 2.54. The van der Waals surface area contributed by atoms with E-state index in [0.717, 1.165) is 23.5 Å². The minimum atomic E-state index is -0.889. The molecular formula is C11H13BrO2S. The van der Waals surface area contributed by atoms with Crippen LogP contribution in [0.4, 0.5) is 0 Å². The highest BCUT2D eigenvalue weighted by Crippen LogP contribution is 2.25. The summed E-state index contributed by atoms with van der Waals surface area (Å²) in [6, 6.07) is 5.45. The maximum Gasteiger partial charge on any atom is 0.336 e. The van der Waals surface area contributed by atoms with Crippen LogP contribution in [0.3, 0.4) is 0 Å². The third-order valence-electron chi connectivity index (χ3n) is 1.93. The van der Waals surface area contributed by atoms with Gasteiger partial charge in [0.2, 0.25) is 0 Å². The zero-order chi connectivity index (χ0) is 11.3. The quantitative estimate of drug-likeness (QED) is 0.656. The molecule has 0 aliphatic rings. The molecule has 2 nitrogen and oxygen atoms in total. The maximum atomic E-state index is 10.9. The molecule has 0 saturated heterocycles. The average molecular weight is 289 g/mol. The fourth-order valence-electron chi connectivity index (χ4n) is 1.09. The molecule has 82 valence electrons. The third kappa shape index (κ3) is 3.87. The second-order valence-electron chi connectivity index (χ2n) is 3.15. The van der Waals surface area contributed by atoms with E-state index in [2.05, 4.69) is 22.9 Å². The van der Waals surface area contributed by atoms with Gasteiger partial charge < -0.3 is 5.11 Å². The van der Waals surface area contributed by atoms with E-state index in [1.165, 1.54) is 0 Å². The van der Waals surface area contributed by atoms with E-state index in [9.17, 15) is 4.79 Å². The number of benzene rings is 1. The number of carboxylic acids is 1. The Labute approximate surface area is 102 Å². The van der Waals surface area contributed by atoms with Crippen molar-refractivity contribution in [2.45, 2.75) is 24.7 Å². The van der Waals surface area contributed by atoms with Crippen molar-refractivity contribution in [3.63, 3.8) is 0 Å². The summed E-state index contributed by atoms with van der Waals surface area (Å²) in [5.74, 6) is 0.150. The molecule has 1 aromatic carbocycles. The molecule has 15 heavy (non-hydrogen) atoms. The van der Waals surface area contributed by atoms with Gasteiger partial charge in [-0.3, -0.25) is 0 Å². The lowest BCUT2D eigenvalue weighted by atomic mass is 10.2. The van der Waals surface area contributed by atoms with Gasteiger partial charge in [0.15, 0.2) is 0 Å². The molecule has 0 aromatic heterocycles. The summed E-state index contributed by atoms with van der Waals surface area (Å²) in [5.41, 5.74) is 0.330. The highest BCUT2D eigenvalue weighted by Gasteiger charge is 2.08. The van der Waals surface area contributed by atoms with E-state index in [1.807, 2.05) is 6.07 Å². The van der Waals surface area contributed by atoms with E-state index in [1.54, 1.807) is 23.9 Å². The Hall–Kier alpha value is -0.480. The molecule has 0 amide bonds. The minimum absolute atomic E-state index is 0.330. The van der Waals surface area contributed by atoms with Crippen LogP contribution in [0.15, 0.2) is 27.6 Å². The van der Waals surface area contributed by atoms with Crippen LogP contribution in [0.2, 0.25) is 0 Å². The summed E-state index contributed by atoms with van der Waals surface area (Å²) in [7, 11) is 0. The Kier molecular flexibility index (Phi) is 5.19. The van der Waals surface area contributed by atoms with Crippen LogP contribution in [0.5, 0.6) is 0 Å². The summed E-state index contributed by atoms with van der Waals surface area (Å²) >= 11 is 4.92. The van der Waals surface area contributed by atoms with E-state index in [4.69, 9.17) is 5.11 Å². The number of carboxylic acid groups (broad SMARTS) is 1. The lowest BCUT2D eigenvalue weighted by molar-refractivity contribution is 0.0695. The van der Waals surface area contributed by atoms with Crippen molar-refractivity contribution in [1.82, 2.24) is 0 Å². The van der Waals surface area contributed by atoms with Crippen molar-refractivity contribution >= 4 is 33.7 Å². The third-order valence-corrected chi connectivity index (χ3v) is 3.71. The molecule has 1 N–H and O–H groups in total. The van der Waals surface area contributed by atoms with Crippen LogP contribution >= 0.6 is 27.7 Å². The first-order valence-corrected chi connectivity index (χ1v) is 6.58. The number of hydrogen-bond acceptors (Lipinski definition) is 2. The van der Waals surface area contributed by atoms with E-state index >= 15 is 0 Å². The van der Waals surface area contributed by atoms with Gasteiger partial charge in [0.25, 0.3) is 0 Å². The lowest BCUT2D eigenvalue weighted by Crippen LogP contribution is -1.97. The first kappa shape index (κ1) is 12.6. The Morgan fingerprint density at radius 3 is 2.87 bits per heavy atom. The molecule has 0 fully saturated rings. The van der Waals surface area contributed by atoms with Crippen molar-refractivity contribution < 1.29 is 9.90 Å². The summed E-state index contributed by atoms with van der Waals surface area (Å²) in [4.78, 5) is 11.9. The summed E-state index contributed by atoms with van der Waals surface area (Å²) in [6.45, 7) is 2.14. The number of rotatable bonds is 5. The number of carbonyl (C=O) groups is 1. The largest absolute Gasteiger partial charge is 0.478 e. The Balaban J connectivity index is 2.74. The molecule has 0 aliphatic heterocycles. The maximum absolute atomic E-state index is 10.9. The highest BCUT2D eigenvalue weighted by atomic mass is 79.9. The molecule has 0 aliphatic carbocycles. The van der Waals surface area contributed by atoms with Gasteiger partial charge in [-0.15, -0.1) is 11.8 Å². The van der Waals surface area contributed by atoms with Gasteiger partial charge in [0, 0.05) is 9.37 Å². The standard InChI is InChI=1S/C11H13BrO2S/c1-2-3-6-15-8-4-5-10(12)9(7-8)11(13)14/h4-5,7H,2-3,6H2,1H3,(H,13,14). The second kappa shape index (κ2) is 6.18. The van der Waals surface area contributed by atoms with E-state index < -0.39 is 5.97 Å². The van der Waals surface area contributed by atoms with Gasteiger partial charge >= 0.3 is 5.97 Å². The van der Waals surface area contributed by atoms with Gasteiger partial charge in [-0.25, -0.2) is 4.79 Å². The summed E-state index contributed by atoms with van der Waals surface area (Å²) < 4.78 is 0.634. The lowest BCUT2D eigenvalue weighted by Gasteiger charge is -2.03. The SMILES string of the molecule is CCCCSc1ccc(Br)c(C(=O)O)c1. The van der Waals surface area contributed by atoms with E-state index in [-0.39, 0.29) is 0 Å². The molecule has 0 atom stereocenters. The summed E-state index contributed by atoms with van der Waals surface area (Å²) in [5, 5.41) is 8.92. The Morgan fingerprint density at radius 1 is 1.53 bits per heavy atom. The Bertz CT molecular complexity index is 352. The number of aromatic carboxylic acids is 1. The van der Waals surface area contributed by atoms with Crippen molar-refractivity contribution in [3.8, 4) is 0 Å². The first-order chi connectivity index (χ1) is 7.15. The van der Waals surface area contributed by atoms with Crippen molar-refractivity contribution in [2.75, 3.05) is 5.75 Å². The number of halogens is 1. The number of hydrogen-bond donors (Lipinski definition) is 1. The molecule has 0 unspecified atom stereocenters. The van der Waals surface area contributed by atoms with Crippen LogP contribution in [0, 0.1) is 0 Å². The predicted octanol–water partition coefficient (Wildman–Crippen LogP) is 4.04. The fraction of sp³-hybridized carbons (Fsp3) is 0.364. The zero-order valence-corrected chi connectivity index (χ0v) is 10.9. The predicted molar refractivity (Wildman–Crippen MR) is 66.7 cm³/mol. The molecule has 0 heterocycles. The minimum Gasteiger partial charge on any atom is -0.478 e. The van der Waals surface area contributed by atoms with Crippen LogP contribution in [0.25, 0.3) is 0 Å². The van der Waals surface area contributed by atoms with E-state index in [0.29, 0.717) is 10.0 Å². The zero-order valence-electron chi connectivity index (χ0n) is 8.50. The molecule has 1 aromatic rings. The molecule has 0 bridgehead atoms. The monoisotopic (exact) mass is 288 g/mol.